The van der Waals surface area contributed by atoms with Crippen LogP contribution in [0.15, 0.2) is 60.8 Å². The molecular weight excluding hydrogens is 324 g/mol. The quantitative estimate of drug-likeness (QED) is 0.707. The van der Waals surface area contributed by atoms with Gasteiger partial charge in [-0.25, -0.2) is 9.97 Å². The fourth-order valence-corrected chi connectivity index (χ4v) is 2.48. The number of benzene rings is 2. The maximum Gasteiger partial charge on any atom is 0.270 e. The Balaban J connectivity index is 1.63. The van der Waals surface area contributed by atoms with Crippen LogP contribution in [0, 0.1) is 6.92 Å². The minimum Gasteiger partial charge on any atom is -0.347 e. The molecule has 0 aliphatic rings. The highest BCUT2D eigenvalue weighted by Crippen LogP contribution is 2.14. The standard InChI is InChI=1S/C21H22N4O/c1-3-16-8-10-18(11-9-16)24-21-22-13-12-19(25-21)20(26)23-14-17-6-4-15(2)5-7-17/h4-13H,3,14H2,1-2H3,(H,23,26)(H,22,24,25). The molecule has 1 heterocycles. The number of hydrogen-bond acceptors (Lipinski definition) is 4. The molecule has 2 N–H and O–H groups in total. The summed E-state index contributed by atoms with van der Waals surface area (Å²) in [6.45, 7) is 4.61. The number of nitrogens with zero attached hydrogens (tertiary/aromatic N) is 2. The van der Waals surface area contributed by atoms with Gasteiger partial charge >= 0.3 is 0 Å². The van der Waals surface area contributed by atoms with Crippen molar-refractivity contribution in [3.8, 4) is 0 Å². The van der Waals surface area contributed by atoms with E-state index in [4.69, 9.17) is 0 Å². The molecule has 1 aromatic heterocycles. The van der Waals surface area contributed by atoms with E-state index in [1.165, 1.54) is 11.1 Å². The van der Waals surface area contributed by atoms with Crippen molar-refractivity contribution in [3.63, 3.8) is 0 Å². The van der Waals surface area contributed by atoms with Gasteiger partial charge in [0.25, 0.3) is 5.91 Å². The normalized spacial score (nSPS) is 10.4. The van der Waals surface area contributed by atoms with Crippen LogP contribution in [0.2, 0.25) is 0 Å². The van der Waals surface area contributed by atoms with E-state index in [9.17, 15) is 4.79 Å². The molecule has 0 bridgehead atoms. The summed E-state index contributed by atoms with van der Waals surface area (Å²) >= 11 is 0. The fraction of sp³-hybridized carbons (Fsp3) is 0.190. The lowest BCUT2D eigenvalue weighted by Gasteiger charge is -2.08. The van der Waals surface area contributed by atoms with Crippen LogP contribution in [0.4, 0.5) is 11.6 Å². The Kier molecular flexibility index (Phi) is 5.59. The molecule has 0 unspecified atom stereocenters. The average Bonchev–Trinajstić information content (AvgIpc) is 2.68. The lowest BCUT2D eigenvalue weighted by atomic mass is 10.1. The number of carbonyl (C=O) groups excluding carboxylic acids is 1. The monoisotopic (exact) mass is 346 g/mol. The molecule has 132 valence electrons. The third-order valence-corrected chi connectivity index (χ3v) is 4.08. The predicted molar refractivity (Wildman–Crippen MR) is 103 cm³/mol. The van der Waals surface area contributed by atoms with Crippen molar-refractivity contribution in [2.75, 3.05) is 5.32 Å². The second-order valence-corrected chi connectivity index (χ2v) is 6.11. The SMILES string of the molecule is CCc1ccc(Nc2nccc(C(=O)NCc3ccc(C)cc3)n2)cc1. The third kappa shape index (κ3) is 4.66. The van der Waals surface area contributed by atoms with Crippen LogP contribution in [0.1, 0.15) is 34.1 Å². The lowest BCUT2D eigenvalue weighted by molar-refractivity contribution is 0.0946. The maximum absolute atomic E-state index is 12.3. The van der Waals surface area contributed by atoms with Crippen molar-refractivity contribution in [2.24, 2.45) is 0 Å². The van der Waals surface area contributed by atoms with Crippen molar-refractivity contribution in [2.45, 2.75) is 26.8 Å². The number of hydrogen-bond donors (Lipinski definition) is 2. The molecule has 3 aromatic rings. The zero-order valence-corrected chi connectivity index (χ0v) is 15.0. The summed E-state index contributed by atoms with van der Waals surface area (Å²) in [5, 5.41) is 6.01. The zero-order chi connectivity index (χ0) is 18.4. The molecule has 26 heavy (non-hydrogen) atoms. The van der Waals surface area contributed by atoms with Crippen LogP contribution in [0.5, 0.6) is 0 Å². The van der Waals surface area contributed by atoms with Crippen LogP contribution < -0.4 is 10.6 Å². The van der Waals surface area contributed by atoms with Gasteiger partial charge in [0, 0.05) is 18.4 Å². The average molecular weight is 346 g/mol. The van der Waals surface area contributed by atoms with Gasteiger partial charge in [-0.15, -0.1) is 0 Å². The van der Waals surface area contributed by atoms with Crippen LogP contribution in [-0.4, -0.2) is 15.9 Å². The first kappa shape index (κ1) is 17.6. The van der Waals surface area contributed by atoms with Gasteiger partial charge in [-0.05, 0) is 42.7 Å². The number of anilines is 2. The van der Waals surface area contributed by atoms with Crippen LogP contribution in [-0.2, 0) is 13.0 Å². The van der Waals surface area contributed by atoms with Crippen molar-refractivity contribution in [1.29, 1.82) is 0 Å². The maximum atomic E-state index is 12.3. The summed E-state index contributed by atoms with van der Waals surface area (Å²) in [6.07, 6.45) is 2.57. The van der Waals surface area contributed by atoms with E-state index in [-0.39, 0.29) is 5.91 Å². The molecule has 0 radical (unpaired) electrons. The first-order valence-electron chi connectivity index (χ1n) is 8.67. The van der Waals surface area contributed by atoms with E-state index in [2.05, 4.69) is 39.7 Å². The number of carbonyl (C=O) groups is 1. The van der Waals surface area contributed by atoms with E-state index >= 15 is 0 Å². The number of aromatic nitrogens is 2. The van der Waals surface area contributed by atoms with Gasteiger partial charge in [-0.2, -0.15) is 0 Å². The summed E-state index contributed by atoms with van der Waals surface area (Å²) in [7, 11) is 0. The zero-order valence-electron chi connectivity index (χ0n) is 15.0. The molecule has 0 saturated carbocycles. The molecule has 1 amide bonds. The Hall–Kier alpha value is -3.21. The molecule has 5 heteroatoms. The molecule has 5 nitrogen and oxygen atoms in total. The summed E-state index contributed by atoms with van der Waals surface area (Å²) in [4.78, 5) is 20.8. The van der Waals surface area contributed by atoms with Gasteiger partial charge in [0.2, 0.25) is 5.95 Å². The third-order valence-electron chi connectivity index (χ3n) is 4.08. The Labute approximate surface area is 153 Å². The van der Waals surface area contributed by atoms with E-state index in [1.54, 1.807) is 12.3 Å². The molecule has 0 atom stereocenters. The summed E-state index contributed by atoms with van der Waals surface area (Å²) in [5.74, 6) is 0.176. The molecule has 0 spiro atoms. The van der Waals surface area contributed by atoms with Gasteiger partial charge in [-0.3, -0.25) is 4.79 Å². The number of rotatable bonds is 6. The van der Waals surface area contributed by atoms with Crippen molar-refractivity contribution in [3.05, 3.63) is 83.2 Å². The first-order chi connectivity index (χ1) is 12.6. The summed E-state index contributed by atoms with van der Waals surface area (Å²) < 4.78 is 0. The minimum absolute atomic E-state index is 0.225. The van der Waals surface area contributed by atoms with E-state index < -0.39 is 0 Å². The van der Waals surface area contributed by atoms with Crippen LogP contribution in [0.3, 0.4) is 0 Å². The van der Waals surface area contributed by atoms with Gasteiger partial charge in [0.05, 0.1) is 0 Å². The van der Waals surface area contributed by atoms with Gasteiger partial charge < -0.3 is 10.6 Å². The fourth-order valence-electron chi connectivity index (χ4n) is 2.48. The van der Waals surface area contributed by atoms with Crippen LogP contribution in [0.25, 0.3) is 0 Å². The second kappa shape index (κ2) is 8.25. The molecule has 3 rings (SSSR count). The highest BCUT2D eigenvalue weighted by atomic mass is 16.1. The second-order valence-electron chi connectivity index (χ2n) is 6.11. The predicted octanol–water partition coefficient (Wildman–Crippen LogP) is 4.02. The van der Waals surface area contributed by atoms with Crippen molar-refractivity contribution >= 4 is 17.5 Å². The van der Waals surface area contributed by atoms with Crippen molar-refractivity contribution < 1.29 is 4.79 Å². The van der Waals surface area contributed by atoms with Gasteiger partial charge in [-0.1, -0.05) is 48.9 Å². The highest BCUT2D eigenvalue weighted by molar-refractivity contribution is 5.92. The number of nitrogens with one attached hydrogen (secondary N) is 2. The van der Waals surface area contributed by atoms with E-state index in [1.807, 2.05) is 43.3 Å². The topological polar surface area (TPSA) is 66.9 Å². The Bertz CT molecular complexity index is 873. The van der Waals surface area contributed by atoms with Crippen LogP contribution >= 0.6 is 0 Å². The van der Waals surface area contributed by atoms with E-state index in [0.29, 0.717) is 18.2 Å². The largest absolute Gasteiger partial charge is 0.347 e. The highest BCUT2D eigenvalue weighted by Gasteiger charge is 2.09. The number of amides is 1. The molecule has 2 aromatic carbocycles. The lowest BCUT2D eigenvalue weighted by Crippen LogP contribution is -2.24. The molecule has 0 aliphatic carbocycles. The molecular formula is C21H22N4O. The van der Waals surface area contributed by atoms with Crippen molar-refractivity contribution in [1.82, 2.24) is 15.3 Å². The van der Waals surface area contributed by atoms with E-state index in [0.717, 1.165) is 17.7 Å². The Morgan fingerprint density at radius 1 is 0.962 bits per heavy atom. The smallest absolute Gasteiger partial charge is 0.270 e. The number of aryl methyl sites for hydroxylation is 2. The first-order valence-corrected chi connectivity index (χ1v) is 8.67. The Morgan fingerprint density at radius 2 is 1.65 bits per heavy atom. The minimum atomic E-state index is -0.225. The molecule has 0 aliphatic heterocycles. The van der Waals surface area contributed by atoms with Gasteiger partial charge in [0.15, 0.2) is 0 Å². The molecule has 0 saturated heterocycles. The molecule has 0 fully saturated rings. The van der Waals surface area contributed by atoms with Gasteiger partial charge in [0.1, 0.15) is 5.69 Å². The summed E-state index contributed by atoms with van der Waals surface area (Å²) in [5.41, 5.74) is 4.73. The summed E-state index contributed by atoms with van der Waals surface area (Å²) in [6, 6.07) is 17.7. The Morgan fingerprint density at radius 3 is 2.35 bits per heavy atom.